The molecular weight excluding hydrogens is 240 g/mol. The van der Waals surface area contributed by atoms with Crippen LogP contribution in [0.1, 0.15) is 18.9 Å². The van der Waals surface area contributed by atoms with Crippen molar-refractivity contribution in [1.82, 2.24) is 10.2 Å². The SMILES string of the molecule is CC1OCCC1C(=O)Nc1[nH]ncc1C(N)=S. The van der Waals surface area contributed by atoms with E-state index in [9.17, 15) is 4.79 Å². The maximum Gasteiger partial charge on any atom is 0.231 e. The Labute approximate surface area is 104 Å². The first-order chi connectivity index (χ1) is 8.09. The first-order valence-corrected chi connectivity index (χ1v) is 5.76. The van der Waals surface area contributed by atoms with Crippen molar-refractivity contribution in [3.8, 4) is 0 Å². The maximum absolute atomic E-state index is 12.0. The number of thiocarbonyl (C=S) groups is 1. The molecule has 0 spiro atoms. The normalized spacial score (nSPS) is 23.6. The van der Waals surface area contributed by atoms with Gasteiger partial charge in [0.15, 0.2) is 0 Å². The van der Waals surface area contributed by atoms with Gasteiger partial charge in [-0.05, 0) is 13.3 Å². The van der Waals surface area contributed by atoms with Crippen molar-refractivity contribution in [1.29, 1.82) is 0 Å². The Morgan fingerprint density at radius 2 is 2.53 bits per heavy atom. The first kappa shape index (κ1) is 12.0. The van der Waals surface area contributed by atoms with Gasteiger partial charge in [-0.3, -0.25) is 9.89 Å². The molecule has 0 aromatic carbocycles. The quantitative estimate of drug-likeness (QED) is 0.679. The van der Waals surface area contributed by atoms with E-state index in [1.165, 1.54) is 6.20 Å². The van der Waals surface area contributed by atoms with E-state index in [0.29, 0.717) is 18.0 Å². The molecule has 1 aromatic rings. The van der Waals surface area contributed by atoms with Gasteiger partial charge in [0.2, 0.25) is 5.91 Å². The number of nitrogens with two attached hydrogens (primary N) is 1. The smallest absolute Gasteiger partial charge is 0.231 e. The number of nitrogens with one attached hydrogen (secondary N) is 2. The summed E-state index contributed by atoms with van der Waals surface area (Å²) in [7, 11) is 0. The van der Waals surface area contributed by atoms with Crippen LogP contribution in [0, 0.1) is 5.92 Å². The number of aromatic amines is 1. The Hall–Kier alpha value is -1.47. The highest BCUT2D eigenvalue weighted by Crippen LogP contribution is 2.22. The van der Waals surface area contributed by atoms with Gasteiger partial charge >= 0.3 is 0 Å². The zero-order valence-electron chi connectivity index (χ0n) is 9.40. The van der Waals surface area contributed by atoms with Gasteiger partial charge in [0.05, 0.1) is 23.8 Å². The van der Waals surface area contributed by atoms with E-state index in [4.69, 9.17) is 22.7 Å². The molecule has 2 rings (SSSR count). The molecule has 0 saturated carbocycles. The van der Waals surface area contributed by atoms with Crippen molar-refractivity contribution < 1.29 is 9.53 Å². The molecule has 17 heavy (non-hydrogen) atoms. The lowest BCUT2D eigenvalue weighted by atomic mass is 10.0. The number of aromatic nitrogens is 2. The number of carbonyl (C=O) groups excluding carboxylic acids is 1. The van der Waals surface area contributed by atoms with Gasteiger partial charge in [0.1, 0.15) is 10.8 Å². The van der Waals surface area contributed by atoms with Crippen molar-refractivity contribution in [2.45, 2.75) is 19.4 Å². The first-order valence-electron chi connectivity index (χ1n) is 5.35. The molecule has 1 aliphatic heterocycles. The molecule has 1 fully saturated rings. The van der Waals surface area contributed by atoms with Gasteiger partial charge in [0, 0.05) is 6.61 Å². The predicted molar refractivity (Wildman–Crippen MR) is 66.6 cm³/mol. The third kappa shape index (κ3) is 2.45. The fraction of sp³-hybridized carbons (Fsp3) is 0.500. The summed E-state index contributed by atoms with van der Waals surface area (Å²) in [6.07, 6.45) is 2.15. The van der Waals surface area contributed by atoms with Crippen LogP contribution in [0.3, 0.4) is 0 Å². The summed E-state index contributed by atoms with van der Waals surface area (Å²) in [4.78, 5) is 12.2. The number of amides is 1. The molecule has 0 radical (unpaired) electrons. The topological polar surface area (TPSA) is 93.0 Å². The molecule has 4 N–H and O–H groups in total. The average molecular weight is 254 g/mol. The van der Waals surface area contributed by atoms with Crippen molar-refractivity contribution >= 4 is 28.9 Å². The molecular formula is C10H14N4O2S. The Balaban J connectivity index is 2.07. The molecule has 2 unspecified atom stereocenters. The number of ether oxygens (including phenoxy) is 1. The molecule has 7 heteroatoms. The Morgan fingerprint density at radius 1 is 1.76 bits per heavy atom. The summed E-state index contributed by atoms with van der Waals surface area (Å²) in [6, 6.07) is 0. The lowest BCUT2D eigenvalue weighted by molar-refractivity contribution is -0.121. The Kier molecular flexibility index (Phi) is 3.39. The molecule has 0 aliphatic carbocycles. The minimum atomic E-state index is -0.141. The number of anilines is 1. The van der Waals surface area contributed by atoms with E-state index in [1.54, 1.807) is 0 Å². The summed E-state index contributed by atoms with van der Waals surface area (Å²) >= 11 is 4.86. The highest BCUT2D eigenvalue weighted by atomic mass is 32.1. The van der Waals surface area contributed by atoms with Crippen molar-refractivity contribution in [2.24, 2.45) is 11.7 Å². The van der Waals surface area contributed by atoms with E-state index in [-0.39, 0.29) is 22.9 Å². The Morgan fingerprint density at radius 3 is 3.12 bits per heavy atom. The number of carbonyl (C=O) groups is 1. The van der Waals surface area contributed by atoms with Crippen LogP contribution in [-0.2, 0) is 9.53 Å². The fourth-order valence-corrected chi connectivity index (χ4v) is 2.01. The summed E-state index contributed by atoms with van der Waals surface area (Å²) < 4.78 is 5.35. The van der Waals surface area contributed by atoms with Gasteiger partial charge in [-0.25, -0.2) is 0 Å². The largest absolute Gasteiger partial charge is 0.389 e. The molecule has 2 heterocycles. The molecule has 2 atom stereocenters. The van der Waals surface area contributed by atoms with Crippen LogP contribution in [0.4, 0.5) is 5.82 Å². The number of nitrogens with zero attached hydrogens (tertiary/aromatic N) is 1. The molecule has 6 nitrogen and oxygen atoms in total. The van der Waals surface area contributed by atoms with E-state index in [2.05, 4.69) is 15.5 Å². The van der Waals surface area contributed by atoms with Crippen molar-refractivity contribution in [3.63, 3.8) is 0 Å². The molecule has 1 saturated heterocycles. The van der Waals surface area contributed by atoms with Crippen molar-refractivity contribution in [3.05, 3.63) is 11.8 Å². The minimum absolute atomic E-state index is 0.0637. The lowest BCUT2D eigenvalue weighted by Gasteiger charge is -2.13. The number of hydrogen-bond acceptors (Lipinski definition) is 4. The highest BCUT2D eigenvalue weighted by molar-refractivity contribution is 7.80. The van der Waals surface area contributed by atoms with E-state index in [0.717, 1.165) is 6.42 Å². The molecule has 92 valence electrons. The molecule has 1 amide bonds. The van der Waals surface area contributed by atoms with Gasteiger partial charge in [-0.15, -0.1) is 0 Å². The monoisotopic (exact) mass is 254 g/mol. The summed E-state index contributed by atoms with van der Waals surface area (Å²) in [5.74, 6) is 0.204. The number of hydrogen-bond donors (Lipinski definition) is 3. The number of rotatable bonds is 3. The van der Waals surface area contributed by atoms with E-state index >= 15 is 0 Å². The van der Waals surface area contributed by atoms with Crippen LogP contribution in [0.25, 0.3) is 0 Å². The summed E-state index contributed by atoms with van der Waals surface area (Å²) in [5, 5.41) is 9.21. The second-order valence-electron chi connectivity index (χ2n) is 3.98. The van der Waals surface area contributed by atoms with Crippen LogP contribution >= 0.6 is 12.2 Å². The number of H-pyrrole nitrogens is 1. The van der Waals surface area contributed by atoms with Gasteiger partial charge in [-0.1, -0.05) is 12.2 Å². The third-order valence-corrected chi connectivity index (χ3v) is 3.09. The minimum Gasteiger partial charge on any atom is -0.389 e. The van der Waals surface area contributed by atoms with Gasteiger partial charge < -0.3 is 15.8 Å². The van der Waals surface area contributed by atoms with Gasteiger partial charge in [-0.2, -0.15) is 5.10 Å². The van der Waals surface area contributed by atoms with Crippen LogP contribution in [0.15, 0.2) is 6.20 Å². The van der Waals surface area contributed by atoms with Crippen molar-refractivity contribution in [2.75, 3.05) is 11.9 Å². The Bertz CT molecular complexity index is 445. The maximum atomic E-state index is 12.0. The van der Waals surface area contributed by atoms with Gasteiger partial charge in [0.25, 0.3) is 0 Å². The predicted octanol–water partition coefficient (Wildman–Crippen LogP) is 0.407. The highest BCUT2D eigenvalue weighted by Gasteiger charge is 2.31. The molecule has 1 aliphatic rings. The van der Waals surface area contributed by atoms with Crippen LogP contribution in [0.2, 0.25) is 0 Å². The zero-order valence-corrected chi connectivity index (χ0v) is 10.2. The molecule has 1 aromatic heterocycles. The average Bonchev–Trinajstić information content (AvgIpc) is 2.86. The zero-order chi connectivity index (χ0) is 12.4. The summed E-state index contributed by atoms with van der Waals surface area (Å²) in [5.41, 5.74) is 6.05. The van der Waals surface area contributed by atoms with E-state index in [1.807, 2.05) is 6.92 Å². The van der Waals surface area contributed by atoms with Crippen LogP contribution in [-0.4, -0.2) is 33.8 Å². The second-order valence-corrected chi connectivity index (χ2v) is 4.42. The van der Waals surface area contributed by atoms with Crippen LogP contribution in [0.5, 0.6) is 0 Å². The standard InChI is InChI=1S/C10H14N4O2S/c1-5-6(2-3-16-5)10(15)13-9-7(8(11)17)4-12-14-9/h4-6H,2-3H2,1H3,(H2,11,17)(H2,12,13,14,15). The third-order valence-electron chi connectivity index (χ3n) is 2.87. The van der Waals surface area contributed by atoms with Crippen LogP contribution < -0.4 is 11.1 Å². The van der Waals surface area contributed by atoms with E-state index < -0.39 is 0 Å². The second kappa shape index (κ2) is 4.80. The molecule has 0 bridgehead atoms. The fourth-order valence-electron chi connectivity index (χ4n) is 1.86. The lowest BCUT2D eigenvalue weighted by Crippen LogP contribution is -2.28. The summed E-state index contributed by atoms with van der Waals surface area (Å²) in [6.45, 7) is 2.50.